The third-order valence-corrected chi connectivity index (χ3v) is 4.27. The number of nitrogens with one attached hydrogen (secondary N) is 1. The molecule has 1 aliphatic heterocycles. The van der Waals surface area contributed by atoms with Crippen molar-refractivity contribution in [2.45, 2.75) is 59.5 Å². The van der Waals surface area contributed by atoms with E-state index in [1.807, 2.05) is 0 Å². The molecule has 3 heteroatoms. The van der Waals surface area contributed by atoms with Crippen LogP contribution in [-0.2, 0) is 13.1 Å². The van der Waals surface area contributed by atoms with Crippen molar-refractivity contribution in [1.29, 1.82) is 0 Å². The summed E-state index contributed by atoms with van der Waals surface area (Å²) in [7, 11) is 0. The monoisotopic (exact) mass is 278 g/mol. The molecular formula is C17H30N2O. The SMILES string of the molecule is CCCNCc1oc(CN2CCCC(C)CC2)cc1C. The molecule has 2 heterocycles. The van der Waals surface area contributed by atoms with Crippen LogP contribution in [-0.4, -0.2) is 24.5 Å². The van der Waals surface area contributed by atoms with Crippen LogP contribution < -0.4 is 5.32 Å². The predicted octanol–water partition coefficient (Wildman–Crippen LogP) is 3.71. The second-order valence-corrected chi connectivity index (χ2v) is 6.31. The molecule has 0 aromatic carbocycles. The van der Waals surface area contributed by atoms with E-state index in [2.05, 4.69) is 37.1 Å². The van der Waals surface area contributed by atoms with Gasteiger partial charge in [0.15, 0.2) is 0 Å². The van der Waals surface area contributed by atoms with Gasteiger partial charge >= 0.3 is 0 Å². The van der Waals surface area contributed by atoms with Gasteiger partial charge in [-0.3, -0.25) is 4.90 Å². The summed E-state index contributed by atoms with van der Waals surface area (Å²) in [5.41, 5.74) is 1.28. The van der Waals surface area contributed by atoms with E-state index < -0.39 is 0 Å². The fourth-order valence-corrected chi connectivity index (χ4v) is 2.92. The van der Waals surface area contributed by atoms with Gasteiger partial charge in [-0.1, -0.05) is 13.8 Å². The van der Waals surface area contributed by atoms with Crippen LogP contribution in [0.5, 0.6) is 0 Å². The Morgan fingerprint density at radius 2 is 2.20 bits per heavy atom. The van der Waals surface area contributed by atoms with Crippen LogP contribution in [0.2, 0.25) is 0 Å². The molecule has 0 saturated carbocycles. The number of nitrogens with zero attached hydrogens (tertiary/aromatic N) is 1. The van der Waals surface area contributed by atoms with Crippen LogP contribution in [0.15, 0.2) is 10.5 Å². The lowest BCUT2D eigenvalue weighted by atomic mass is 10.0. The first kappa shape index (κ1) is 15.6. The van der Waals surface area contributed by atoms with E-state index >= 15 is 0 Å². The van der Waals surface area contributed by atoms with E-state index in [-0.39, 0.29) is 0 Å². The van der Waals surface area contributed by atoms with Gasteiger partial charge in [-0.25, -0.2) is 0 Å². The molecule has 2 rings (SSSR count). The lowest BCUT2D eigenvalue weighted by molar-refractivity contribution is 0.247. The molecule has 114 valence electrons. The lowest BCUT2D eigenvalue weighted by Crippen LogP contribution is -2.23. The Kier molecular flexibility index (Phi) is 6.11. The standard InChI is InChI=1S/C17H30N2O/c1-4-8-18-12-17-15(3)11-16(20-17)13-19-9-5-6-14(2)7-10-19/h11,14,18H,4-10,12-13H2,1-3H3. The molecular weight excluding hydrogens is 248 g/mol. The number of likely N-dealkylation sites (tertiary alicyclic amines) is 1. The molecule has 1 aliphatic rings. The molecule has 0 radical (unpaired) electrons. The summed E-state index contributed by atoms with van der Waals surface area (Å²) in [4.78, 5) is 2.55. The number of hydrogen-bond acceptors (Lipinski definition) is 3. The van der Waals surface area contributed by atoms with Gasteiger partial charge in [0.2, 0.25) is 0 Å². The lowest BCUT2D eigenvalue weighted by Gasteiger charge is -2.18. The van der Waals surface area contributed by atoms with Crippen LogP contribution in [0.25, 0.3) is 0 Å². The molecule has 0 amide bonds. The third-order valence-electron chi connectivity index (χ3n) is 4.27. The van der Waals surface area contributed by atoms with E-state index in [1.165, 1.54) is 44.3 Å². The summed E-state index contributed by atoms with van der Waals surface area (Å²) in [5, 5.41) is 3.42. The zero-order valence-electron chi connectivity index (χ0n) is 13.4. The zero-order chi connectivity index (χ0) is 14.4. The summed E-state index contributed by atoms with van der Waals surface area (Å²) in [6.07, 6.45) is 5.19. The highest BCUT2D eigenvalue weighted by Crippen LogP contribution is 2.20. The van der Waals surface area contributed by atoms with Gasteiger partial charge in [-0.05, 0) is 69.8 Å². The van der Waals surface area contributed by atoms with Crippen LogP contribution in [0.3, 0.4) is 0 Å². The first-order chi connectivity index (χ1) is 9.69. The maximum Gasteiger partial charge on any atom is 0.120 e. The highest BCUT2D eigenvalue weighted by atomic mass is 16.3. The summed E-state index contributed by atoms with van der Waals surface area (Å²) in [6.45, 7) is 12.0. The number of rotatable bonds is 6. The Labute approximate surface area is 123 Å². The maximum absolute atomic E-state index is 6.03. The average molecular weight is 278 g/mol. The van der Waals surface area contributed by atoms with Gasteiger partial charge in [-0.2, -0.15) is 0 Å². The van der Waals surface area contributed by atoms with Crippen molar-refractivity contribution < 1.29 is 4.42 Å². The van der Waals surface area contributed by atoms with E-state index in [1.54, 1.807) is 0 Å². The number of hydrogen-bond donors (Lipinski definition) is 1. The van der Waals surface area contributed by atoms with Crippen LogP contribution >= 0.6 is 0 Å². The number of furan rings is 1. The molecule has 20 heavy (non-hydrogen) atoms. The Bertz CT molecular complexity index is 400. The molecule has 1 unspecified atom stereocenters. The van der Waals surface area contributed by atoms with Gasteiger partial charge in [0.25, 0.3) is 0 Å². The molecule has 1 N–H and O–H groups in total. The summed E-state index contributed by atoms with van der Waals surface area (Å²) < 4.78 is 6.03. The Balaban J connectivity index is 1.87. The van der Waals surface area contributed by atoms with Crippen LogP contribution in [0, 0.1) is 12.8 Å². The smallest absolute Gasteiger partial charge is 0.120 e. The normalized spacial score (nSPS) is 21.1. The average Bonchev–Trinajstić information content (AvgIpc) is 2.63. The summed E-state index contributed by atoms with van der Waals surface area (Å²) in [5.74, 6) is 3.12. The van der Waals surface area contributed by atoms with E-state index in [9.17, 15) is 0 Å². The second kappa shape index (κ2) is 7.84. The number of aryl methyl sites for hydroxylation is 1. The first-order valence-electron chi connectivity index (χ1n) is 8.20. The minimum Gasteiger partial charge on any atom is -0.463 e. The van der Waals surface area contributed by atoms with Crippen molar-refractivity contribution in [3.05, 3.63) is 23.2 Å². The molecule has 1 saturated heterocycles. The highest BCUT2D eigenvalue weighted by molar-refractivity contribution is 5.20. The molecule has 1 aromatic heterocycles. The van der Waals surface area contributed by atoms with Gasteiger partial charge < -0.3 is 9.73 Å². The Morgan fingerprint density at radius 1 is 1.35 bits per heavy atom. The van der Waals surface area contributed by atoms with Crippen molar-refractivity contribution in [3.63, 3.8) is 0 Å². The topological polar surface area (TPSA) is 28.4 Å². The minimum atomic E-state index is 0.858. The van der Waals surface area contributed by atoms with Crippen molar-refractivity contribution in [3.8, 4) is 0 Å². The third kappa shape index (κ3) is 4.64. The van der Waals surface area contributed by atoms with Gasteiger partial charge in [-0.15, -0.1) is 0 Å². The molecule has 0 aliphatic carbocycles. The Morgan fingerprint density at radius 3 is 3.00 bits per heavy atom. The zero-order valence-corrected chi connectivity index (χ0v) is 13.4. The van der Waals surface area contributed by atoms with Crippen molar-refractivity contribution in [1.82, 2.24) is 10.2 Å². The quantitative estimate of drug-likeness (QED) is 0.804. The molecule has 0 bridgehead atoms. The molecule has 1 fully saturated rings. The molecule has 1 aromatic rings. The highest BCUT2D eigenvalue weighted by Gasteiger charge is 2.16. The van der Waals surface area contributed by atoms with Crippen molar-refractivity contribution in [2.75, 3.05) is 19.6 Å². The Hall–Kier alpha value is -0.800. The van der Waals surface area contributed by atoms with E-state index in [4.69, 9.17) is 4.42 Å². The minimum absolute atomic E-state index is 0.858. The van der Waals surface area contributed by atoms with Crippen LogP contribution in [0.1, 0.15) is 56.6 Å². The fourth-order valence-electron chi connectivity index (χ4n) is 2.92. The van der Waals surface area contributed by atoms with E-state index in [0.717, 1.165) is 37.1 Å². The summed E-state index contributed by atoms with van der Waals surface area (Å²) in [6, 6.07) is 2.22. The van der Waals surface area contributed by atoms with Gasteiger partial charge in [0.1, 0.15) is 11.5 Å². The predicted molar refractivity (Wildman–Crippen MR) is 83.7 cm³/mol. The van der Waals surface area contributed by atoms with Gasteiger partial charge in [0.05, 0.1) is 13.1 Å². The fraction of sp³-hybridized carbons (Fsp3) is 0.765. The van der Waals surface area contributed by atoms with Crippen molar-refractivity contribution in [2.24, 2.45) is 5.92 Å². The van der Waals surface area contributed by atoms with Gasteiger partial charge in [0, 0.05) is 0 Å². The summed E-state index contributed by atoms with van der Waals surface area (Å²) >= 11 is 0. The molecule has 1 atom stereocenters. The first-order valence-corrected chi connectivity index (χ1v) is 8.20. The maximum atomic E-state index is 6.03. The van der Waals surface area contributed by atoms with E-state index in [0.29, 0.717) is 0 Å². The van der Waals surface area contributed by atoms with Crippen molar-refractivity contribution >= 4 is 0 Å². The second-order valence-electron chi connectivity index (χ2n) is 6.31. The van der Waals surface area contributed by atoms with Crippen LogP contribution in [0.4, 0.5) is 0 Å². The molecule has 3 nitrogen and oxygen atoms in total. The largest absolute Gasteiger partial charge is 0.463 e. The molecule has 0 spiro atoms.